The molecule has 4 N–H and O–H groups in total. The Hall–Kier alpha value is 0.0899. The van der Waals surface area contributed by atoms with E-state index >= 15 is 0 Å². The quantitative estimate of drug-likeness (QED) is 0.215. The van der Waals surface area contributed by atoms with E-state index in [0.717, 1.165) is 0 Å². The SMILES string of the molecule is [B][C@@H]1OC(COP(=O)(O)OC(CF)C(CO)O[C@@H]([B])C)[C@H](OP(=O)(O)O)C1F. The molecule has 5 unspecified atom stereocenters. The molecule has 4 radical (unpaired) electrons. The highest BCUT2D eigenvalue weighted by Gasteiger charge is 2.47. The van der Waals surface area contributed by atoms with Gasteiger partial charge in [-0.25, -0.2) is 17.9 Å². The van der Waals surface area contributed by atoms with E-state index in [4.69, 9.17) is 35.0 Å². The third kappa shape index (κ3) is 8.45. The number of rotatable bonds is 12. The van der Waals surface area contributed by atoms with Crippen LogP contribution in [0.2, 0.25) is 0 Å². The van der Waals surface area contributed by atoms with Crippen molar-refractivity contribution in [2.24, 2.45) is 0 Å². The van der Waals surface area contributed by atoms with Gasteiger partial charge in [-0.05, 0) is 6.92 Å². The molecule has 1 fully saturated rings. The second-order valence-electron chi connectivity index (χ2n) is 5.77. The lowest BCUT2D eigenvalue weighted by Crippen LogP contribution is -2.38. The van der Waals surface area contributed by atoms with Gasteiger partial charge in [0.05, 0.1) is 19.2 Å². The highest BCUT2D eigenvalue weighted by atomic mass is 31.2. The van der Waals surface area contributed by atoms with E-state index in [1.807, 2.05) is 0 Å². The van der Waals surface area contributed by atoms with Crippen molar-refractivity contribution >= 4 is 31.3 Å². The van der Waals surface area contributed by atoms with Crippen LogP contribution in [0.15, 0.2) is 0 Å². The molecule has 0 bridgehead atoms. The van der Waals surface area contributed by atoms with E-state index in [9.17, 15) is 27.9 Å². The summed E-state index contributed by atoms with van der Waals surface area (Å²) in [6.07, 6.45) is -8.79. The molecule has 160 valence electrons. The molecule has 1 aliphatic heterocycles. The lowest BCUT2D eigenvalue weighted by atomic mass is 9.94. The Labute approximate surface area is 162 Å². The van der Waals surface area contributed by atoms with Gasteiger partial charge < -0.3 is 29.3 Å². The molecule has 0 aliphatic carbocycles. The van der Waals surface area contributed by atoms with Crippen LogP contribution >= 0.6 is 15.6 Å². The Morgan fingerprint density at radius 1 is 1.25 bits per heavy atom. The molecule has 1 rings (SSSR count). The van der Waals surface area contributed by atoms with Crippen molar-refractivity contribution in [3.63, 3.8) is 0 Å². The highest BCUT2D eigenvalue weighted by molar-refractivity contribution is 7.47. The molecule has 1 aliphatic rings. The zero-order chi connectivity index (χ0) is 21.7. The Morgan fingerprint density at radius 3 is 2.32 bits per heavy atom. The molecular formula is C11H20B2F2O11P2. The molecule has 0 amide bonds. The number of phosphoric ester groups is 2. The number of hydrogen-bond acceptors (Lipinski definition) is 8. The highest BCUT2D eigenvalue weighted by Crippen LogP contribution is 2.47. The number of hydrogen-bond donors (Lipinski definition) is 4. The number of alkyl halides is 2. The molecule has 0 spiro atoms. The fraction of sp³-hybridized carbons (Fsp3) is 1.00. The minimum Gasteiger partial charge on any atom is -0.394 e. The van der Waals surface area contributed by atoms with Crippen LogP contribution in [0, 0.1) is 0 Å². The summed E-state index contributed by atoms with van der Waals surface area (Å²) in [5, 5.41) is 9.17. The van der Waals surface area contributed by atoms with Crippen LogP contribution in [0.25, 0.3) is 0 Å². The first-order valence-corrected chi connectivity index (χ1v) is 10.8. The standard InChI is InChI=1S/C11H20B2F2O11P2/c1-5(12)23-7(3-16)6(2-14)25-28(20,21)22-4-8-10(26-27(17,18)19)9(15)11(13)24-8/h5-11,16H,2-4H2,1H3,(H,20,21)(H2,17,18,19)/t5-,6?,7?,8?,9?,10+,11-/m1/s1. The number of ether oxygens (including phenoxy) is 2. The third-order valence-corrected chi connectivity index (χ3v) is 4.92. The van der Waals surface area contributed by atoms with Crippen LogP contribution in [0.4, 0.5) is 8.78 Å². The maximum absolute atomic E-state index is 13.9. The smallest absolute Gasteiger partial charge is 0.394 e. The summed E-state index contributed by atoms with van der Waals surface area (Å²) in [5.41, 5.74) is 0. The van der Waals surface area contributed by atoms with Crippen molar-refractivity contribution < 1.29 is 60.7 Å². The van der Waals surface area contributed by atoms with E-state index in [1.54, 1.807) is 0 Å². The third-order valence-electron chi connectivity index (χ3n) is 3.39. The van der Waals surface area contributed by atoms with Gasteiger partial charge in [-0.2, -0.15) is 0 Å². The maximum atomic E-state index is 13.9. The molecule has 17 heteroatoms. The molecule has 0 aromatic heterocycles. The minimum atomic E-state index is -5.14. The second kappa shape index (κ2) is 10.9. The Morgan fingerprint density at radius 2 is 1.86 bits per heavy atom. The summed E-state index contributed by atoms with van der Waals surface area (Å²) in [6.45, 7) is -1.72. The van der Waals surface area contributed by atoms with E-state index < -0.39 is 78.1 Å². The monoisotopic (exact) mass is 450 g/mol. The van der Waals surface area contributed by atoms with E-state index in [0.29, 0.717) is 0 Å². The fourth-order valence-electron chi connectivity index (χ4n) is 2.25. The van der Waals surface area contributed by atoms with Gasteiger partial charge in [-0.1, -0.05) is 0 Å². The van der Waals surface area contributed by atoms with E-state index in [1.165, 1.54) is 6.92 Å². The summed E-state index contributed by atoms with van der Waals surface area (Å²) >= 11 is 0. The second-order valence-corrected chi connectivity index (χ2v) is 8.37. The zero-order valence-corrected chi connectivity index (χ0v) is 16.4. The molecule has 0 aromatic carbocycles. The van der Waals surface area contributed by atoms with Crippen LogP contribution < -0.4 is 0 Å². The molecule has 0 aromatic rings. The molecule has 8 atom stereocenters. The molecule has 1 saturated heterocycles. The predicted molar refractivity (Wildman–Crippen MR) is 90.0 cm³/mol. The number of aliphatic hydroxyl groups excluding tert-OH is 1. The fourth-order valence-corrected chi connectivity index (χ4v) is 3.75. The van der Waals surface area contributed by atoms with Gasteiger partial charge in [0.1, 0.15) is 53.0 Å². The van der Waals surface area contributed by atoms with Crippen molar-refractivity contribution in [1.82, 2.24) is 0 Å². The molecule has 1 heterocycles. The van der Waals surface area contributed by atoms with Gasteiger partial charge in [-0.3, -0.25) is 13.6 Å². The zero-order valence-electron chi connectivity index (χ0n) is 14.6. The predicted octanol–water partition coefficient (Wildman–Crippen LogP) is -0.941. The normalized spacial score (nSPS) is 31.2. The Balaban J connectivity index is 2.74. The van der Waals surface area contributed by atoms with Crippen LogP contribution in [-0.4, -0.2) is 98.0 Å². The van der Waals surface area contributed by atoms with Crippen molar-refractivity contribution in [3.8, 4) is 0 Å². The molecular weight excluding hydrogens is 430 g/mol. The lowest BCUT2D eigenvalue weighted by Gasteiger charge is -2.27. The first-order chi connectivity index (χ1) is 12.8. The largest absolute Gasteiger partial charge is 0.472 e. The average molecular weight is 450 g/mol. The van der Waals surface area contributed by atoms with Crippen molar-refractivity contribution in [2.75, 3.05) is 19.9 Å². The van der Waals surface area contributed by atoms with Crippen molar-refractivity contribution in [1.29, 1.82) is 0 Å². The van der Waals surface area contributed by atoms with Gasteiger partial charge >= 0.3 is 15.6 Å². The van der Waals surface area contributed by atoms with Crippen molar-refractivity contribution in [2.45, 2.75) is 49.5 Å². The van der Waals surface area contributed by atoms with Gasteiger partial charge in [0.15, 0.2) is 0 Å². The van der Waals surface area contributed by atoms with Crippen molar-refractivity contribution in [3.05, 3.63) is 0 Å². The van der Waals surface area contributed by atoms with Gasteiger partial charge in [0.2, 0.25) is 0 Å². The first kappa shape index (κ1) is 26.1. The Kier molecular flexibility index (Phi) is 10.2. The average Bonchev–Trinajstić information content (AvgIpc) is 2.82. The number of halogens is 2. The van der Waals surface area contributed by atoms with Crippen LogP contribution in [0.1, 0.15) is 6.92 Å². The summed E-state index contributed by atoms with van der Waals surface area (Å²) in [7, 11) is 0.463. The van der Waals surface area contributed by atoms with Gasteiger partial charge in [-0.15, -0.1) is 0 Å². The van der Waals surface area contributed by atoms with E-state index in [2.05, 4.69) is 13.6 Å². The molecule has 0 saturated carbocycles. The van der Waals surface area contributed by atoms with Gasteiger partial charge in [0, 0.05) is 6.00 Å². The van der Waals surface area contributed by atoms with Crippen LogP contribution in [0.3, 0.4) is 0 Å². The topological polar surface area (TPSA) is 161 Å². The summed E-state index contributed by atoms with van der Waals surface area (Å²) in [4.78, 5) is 27.3. The lowest BCUT2D eigenvalue weighted by molar-refractivity contribution is -0.0794. The molecule has 11 nitrogen and oxygen atoms in total. The van der Waals surface area contributed by atoms with E-state index in [-0.39, 0.29) is 0 Å². The number of phosphoric acid groups is 2. The summed E-state index contributed by atoms with van der Waals surface area (Å²) < 4.78 is 73.1. The Bertz CT molecular complexity index is 583. The van der Waals surface area contributed by atoms with Crippen LogP contribution in [0.5, 0.6) is 0 Å². The minimum absolute atomic E-state index is 0.793. The maximum Gasteiger partial charge on any atom is 0.472 e. The van der Waals surface area contributed by atoms with Crippen LogP contribution in [-0.2, 0) is 32.2 Å². The summed E-state index contributed by atoms with van der Waals surface area (Å²) in [5.74, 6) is 0. The first-order valence-electron chi connectivity index (χ1n) is 7.82. The number of aliphatic hydroxyl groups is 1. The molecule has 28 heavy (non-hydrogen) atoms. The summed E-state index contributed by atoms with van der Waals surface area (Å²) in [6, 6.07) is -2.59. The van der Waals surface area contributed by atoms with Gasteiger partial charge in [0.25, 0.3) is 0 Å².